The van der Waals surface area contributed by atoms with Crippen molar-refractivity contribution in [3.8, 4) is 5.75 Å². The van der Waals surface area contributed by atoms with Crippen LogP contribution in [0.3, 0.4) is 0 Å². The van der Waals surface area contributed by atoms with Crippen LogP contribution in [-0.4, -0.2) is 28.6 Å². The van der Waals surface area contributed by atoms with Crippen molar-refractivity contribution in [2.24, 2.45) is 0 Å². The van der Waals surface area contributed by atoms with E-state index in [1.54, 1.807) is 30.3 Å². The molecule has 0 fully saturated rings. The molecule has 1 aromatic heterocycles. The number of hydrogen-bond donors (Lipinski definition) is 2. The van der Waals surface area contributed by atoms with E-state index < -0.39 is 6.10 Å². The molecule has 122 valence electrons. The third-order valence-corrected chi connectivity index (χ3v) is 3.38. The van der Waals surface area contributed by atoms with E-state index in [9.17, 15) is 9.90 Å². The molecule has 0 bridgehead atoms. The van der Waals surface area contributed by atoms with E-state index in [1.165, 1.54) is 6.20 Å². The lowest BCUT2D eigenvalue weighted by Gasteiger charge is -2.15. The monoisotopic (exact) mass is 334 g/mol. The van der Waals surface area contributed by atoms with Crippen molar-refractivity contribution in [3.05, 3.63) is 58.9 Å². The molecule has 2 N–H and O–H groups in total. The maximum Gasteiger partial charge on any atom is 0.254 e. The van der Waals surface area contributed by atoms with Crippen molar-refractivity contribution >= 4 is 17.5 Å². The van der Waals surface area contributed by atoms with Gasteiger partial charge in [-0.3, -0.25) is 4.79 Å². The molecule has 2 rings (SSSR count). The molecule has 6 heteroatoms. The fourth-order valence-corrected chi connectivity index (χ4v) is 2.23. The number of aliphatic hydroxyl groups excluding tert-OH is 1. The molecule has 5 nitrogen and oxygen atoms in total. The maximum absolute atomic E-state index is 12.0. The molecule has 0 aliphatic carbocycles. The molecule has 0 saturated carbocycles. The summed E-state index contributed by atoms with van der Waals surface area (Å²) in [4.78, 5) is 15.9. The van der Waals surface area contributed by atoms with Crippen LogP contribution < -0.4 is 10.1 Å². The minimum atomic E-state index is -0.842. The van der Waals surface area contributed by atoms with Gasteiger partial charge in [-0.25, -0.2) is 4.98 Å². The van der Waals surface area contributed by atoms with E-state index >= 15 is 0 Å². The van der Waals surface area contributed by atoms with Crippen molar-refractivity contribution in [2.45, 2.75) is 26.1 Å². The van der Waals surface area contributed by atoms with E-state index in [0.717, 1.165) is 0 Å². The number of aromatic nitrogens is 1. The number of nitrogens with one attached hydrogen (secondary N) is 1. The lowest BCUT2D eigenvalue weighted by molar-refractivity contribution is 0.0916. The van der Waals surface area contributed by atoms with Gasteiger partial charge in [-0.1, -0.05) is 23.7 Å². The smallest absolute Gasteiger partial charge is 0.254 e. The van der Waals surface area contributed by atoms with E-state index in [2.05, 4.69) is 10.3 Å². The highest BCUT2D eigenvalue weighted by Crippen LogP contribution is 2.20. The molecule has 2 aromatic rings. The Hall–Kier alpha value is -2.11. The van der Waals surface area contributed by atoms with Crippen LogP contribution in [0.15, 0.2) is 42.6 Å². The van der Waals surface area contributed by atoms with Crippen LogP contribution in [0.2, 0.25) is 5.15 Å². The predicted octanol–water partition coefficient (Wildman–Crippen LogP) is 2.99. The standard InChI is InChI=1S/C17H19ClN2O3/c1-11(2)23-13-6-3-5-12(9-13)15(21)10-20-17(22)14-7-4-8-19-16(14)18/h3-9,11,15,21H,10H2,1-2H3,(H,20,22). The molecule has 1 heterocycles. The molecule has 1 aromatic carbocycles. The molecule has 1 unspecified atom stereocenters. The first kappa shape index (κ1) is 17.2. The Morgan fingerprint density at radius 1 is 1.35 bits per heavy atom. The SMILES string of the molecule is CC(C)Oc1cccc(C(O)CNC(=O)c2cccnc2Cl)c1. The Morgan fingerprint density at radius 2 is 2.13 bits per heavy atom. The predicted molar refractivity (Wildman–Crippen MR) is 88.7 cm³/mol. The largest absolute Gasteiger partial charge is 0.491 e. The maximum atomic E-state index is 12.0. The molecule has 0 aliphatic rings. The zero-order chi connectivity index (χ0) is 16.8. The second-order valence-corrected chi connectivity index (χ2v) is 5.66. The molecule has 0 saturated heterocycles. The highest BCUT2D eigenvalue weighted by molar-refractivity contribution is 6.32. The Kier molecular flexibility index (Phi) is 5.96. The van der Waals surface area contributed by atoms with Gasteiger partial charge in [0.05, 0.1) is 17.8 Å². The molecule has 0 aliphatic heterocycles. The lowest BCUT2D eigenvalue weighted by atomic mass is 10.1. The highest BCUT2D eigenvalue weighted by Gasteiger charge is 2.14. The van der Waals surface area contributed by atoms with Crippen molar-refractivity contribution in [3.63, 3.8) is 0 Å². The van der Waals surface area contributed by atoms with E-state index in [1.807, 2.05) is 19.9 Å². The Balaban J connectivity index is 1.98. The minimum Gasteiger partial charge on any atom is -0.491 e. The molecule has 1 atom stereocenters. The lowest BCUT2D eigenvalue weighted by Crippen LogP contribution is -2.28. The van der Waals surface area contributed by atoms with Crippen molar-refractivity contribution in [2.75, 3.05) is 6.54 Å². The molecule has 0 radical (unpaired) electrons. The molecule has 0 spiro atoms. The summed E-state index contributed by atoms with van der Waals surface area (Å²) in [6.45, 7) is 3.93. The summed E-state index contributed by atoms with van der Waals surface area (Å²) in [6, 6.07) is 10.4. The molecule has 1 amide bonds. The summed E-state index contributed by atoms with van der Waals surface area (Å²) in [5.74, 6) is 0.301. The first-order valence-corrected chi connectivity index (χ1v) is 7.68. The van der Waals surface area contributed by atoms with Gasteiger partial charge in [0.1, 0.15) is 10.9 Å². The topological polar surface area (TPSA) is 71.5 Å². The molecular formula is C17H19ClN2O3. The van der Waals surface area contributed by atoms with Gasteiger partial charge in [-0.05, 0) is 43.7 Å². The summed E-state index contributed by atoms with van der Waals surface area (Å²) in [6.07, 6.45) is 0.716. The zero-order valence-corrected chi connectivity index (χ0v) is 13.7. The van der Waals surface area contributed by atoms with Gasteiger partial charge in [0.15, 0.2) is 0 Å². The van der Waals surface area contributed by atoms with E-state index in [0.29, 0.717) is 11.3 Å². The van der Waals surface area contributed by atoms with Gasteiger partial charge >= 0.3 is 0 Å². The van der Waals surface area contributed by atoms with Gasteiger partial charge in [0, 0.05) is 12.7 Å². The van der Waals surface area contributed by atoms with Crippen LogP contribution in [0, 0.1) is 0 Å². The third kappa shape index (κ3) is 4.94. The quantitative estimate of drug-likeness (QED) is 0.797. The van der Waals surface area contributed by atoms with Crippen LogP contribution in [-0.2, 0) is 0 Å². The van der Waals surface area contributed by atoms with Gasteiger partial charge in [0.2, 0.25) is 0 Å². The minimum absolute atomic E-state index is 0.0508. The number of halogens is 1. The first-order valence-electron chi connectivity index (χ1n) is 7.30. The Bertz CT molecular complexity index is 676. The highest BCUT2D eigenvalue weighted by atomic mass is 35.5. The van der Waals surface area contributed by atoms with E-state index in [-0.39, 0.29) is 29.3 Å². The van der Waals surface area contributed by atoms with E-state index in [4.69, 9.17) is 16.3 Å². The normalized spacial score (nSPS) is 12.0. The van der Waals surface area contributed by atoms with Gasteiger partial charge < -0.3 is 15.2 Å². The van der Waals surface area contributed by atoms with Crippen molar-refractivity contribution in [1.82, 2.24) is 10.3 Å². The van der Waals surface area contributed by atoms with Gasteiger partial charge in [-0.15, -0.1) is 0 Å². The molecule has 23 heavy (non-hydrogen) atoms. The third-order valence-electron chi connectivity index (χ3n) is 3.07. The number of benzene rings is 1. The number of amides is 1. The second kappa shape index (κ2) is 7.94. The summed E-state index contributed by atoms with van der Waals surface area (Å²) in [5, 5.41) is 13.0. The number of hydrogen-bond acceptors (Lipinski definition) is 4. The van der Waals surface area contributed by atoms with Gasteiger partial charge in [0.25, 0.3) is 5.91 Å². The summed E-state index contributed by atoms with van der Waals surface area (Å²) >= 11 is 5.87. The molecular weight excluding hydrogens is 316 g/mol. The van der Waals surface area contributed by atoms with Crippen molar-refractivity contribution in [1.29, 1.82) is 0 Å². The second-order valence-electron chi connectivity index (χ2n) is 5.31. The number of carbonyl (C=O) groups is 1. The summed E-state index contributed by atoms with van der Waals surface area (Å²) < 4.78 is 5.59. The Labute approximate surface area is 140 Å². The van der Waals surface area contributed by atoms with Crippen LogP contribution in [0.4, 0.5) is 0 Å². The summed E-state index contributed by atoms with van der Waals surface area (Å²) in [7, 11) is 0. The number of pyridine rings is 1. The van der Waals surface area contributed by atoms with Crippen LogP contribution >= 0.6 is 11.6 Å². The van der Waals surface area contributed by atoms with Gasteiger partial charge in [-0.2, -0.15) is 0 Å². The summed E-state index contributed by atoms with van der Waals surface area (Å²) in [5.41, 5.74) is 0.944. The Morgan fingerprint density at radius 3 is 2.83 bits per heavy atom. The number of nitrogens with zero attached hydrogens (tertiary/aromatic N) is 1. The fraction of sp³-hybridized carbons (Fsp3) is 0.294. The number of aliphatic hydroxyl groups is 1. The zero-order valence-electron chi connectivity index (χ0n) is 13.0. The van der Waals surface area contributed by atoms with Crippen molar-refractivity contribution < 1.29 is 14.6 Å². The first-order chi connectivity index (χ1) is 11.0. The van der Waals surface area contributed by atoms with Crippen LogP contribution in [0.1, 0.15) is 35.9 Å². The van der Waals surface area contributed by atoms with Crippen LogP contribution in [0.5, 0.6) is 5.75 Å². The average molecular weight is 335 g/mol. The average Bonchev–Trinajstić information content (AvgIpc) is 2.52. The number of ether oxygens (including phenoxy) is 1. The number of rotatable bonds is 6. The fourth-order valence-electron chi connectivity index (χ4n) is 2.03. The number of carbonyl (C=O) groups excluding carboxylic acids is 1. The van der Waals surface area contributed by atoms with Crippen LogP contribution in [0.25, 0.3) is 0 Å².